The largest absolute Gasteiger partial charge is 0.478 e. The van der Waals surface area contributed by atoms with Crippen LogP contribution in [-0.4, -0.2) is 70.1 Å². The highest BCUT2D eigenvalue weighted by molar-refractivity contribution is 6.12. The van der Waals surface area contributed by atoms with Crippen molar-refractivity contribution in [3.05, 3.63) is 30.1 Å². The van der Waals surface area contributed by atoms with Crippen LogP contribution in [-0.2, 0) is 9.47 Å². The van der Waals surface area contributed by atoms with E-state index in [-0.39, 0.29) is 11.7 Å². The van der Waals surface area contributed by atoms with E-state index in [2.05, 4.69) is 25.2 Å². The number of fused-ring (bicyclic) bond motifs is 3. The van der Waals surface area contributed by atoms with Crippen LogP contribution >= 0.6 is 0 Å². The Morgan fingerprint density at radius 1 is 1.35 bits per heavy atom. The van der Waals surface area contributed by atoms with Crippen molar-refractivity contribution in [1.29, 1.82) is 0 Å². The van der Waals surface area contributed by atoms with Crippen LogP contribution in [0.2, 0.25) is 0 Å². The molecule has 4 rings (SSSR count). The molecule has 1 fully saturated rings. The quantitative estimate of drug-likeness (QED) is 0.579. The van der Waals surface area contributed by atoms with Crippen molar-refractivity contribution in [3.63, 3.8) is 0 Å². The van der Waals surface area contributed by atoms with Gasteiger partial charge in [-0.1, -0.05) is 6.07 Å². The third-order valence-electron chi connectivity index (χ3n) is 4.93. The molecule has 1 aromatic carbocycles. The molecule has 3 heterocycles. The lowest BCUT2D eigenvalue weighted by atomic mass is 10.1. The molecule has 10 heteroatoms. The topological polar surface area (TPSA) is 130 Å². The van der Waals surface area contributed by atoms with Gasteiger partial charge in [0.2, 0.25) is 0 Å². The van der Waals surface area contributed by atoms with Crippen molar-refractivity contribution < 1.29 is 24.2 Å². The lowest BCUT2D eigenvalue weighted by molar-refractivity contribution is 0.0282. The molecule has 10 nitrogen and oxygen atoms in total. The normalized spacial score (nSPS) is 17.1. The zero-order valence-electron chi connectivity index (χ0n) is 17.6. The molecule has 0 aliphatic carbocycles. The lowest BCUT2D eigenvalue weighted by Crippen LogP contribution is -2.48. The number of rotatable bonds is 4. The third-order valence-corrected chi connectivity index (χ3v) is 4.93. The molecule has 2 aromatic heterocycles. The number of aromatic amines is 1. The number of H-pyrrole nitrogens is 1. The minimum absolute atomic E-state index is 0.202. The Labute approximate surface area is 178 Å². The standard InChI is InChI=1S/C21H25N5O5/c1-21(2,3)31-20(29)22-9-13-10-26(6-7-30-13)18-16-14-5-4-12(19(27)28)8-15(14)25-17(16)23-11-24-18/h4-5,8,11,13H,6-7,9-10H2,1-3H3,(H,22,29)(H,27,28)(H,23,24,25). The molecule has 31 heavy (non-hydrogen) atoms. The van der Waals surface area contributed by atoms with E-state index in [1.165, 1.54) is 6.33 Å². The molecule has 0 radical (unpaired) electrons. The summed E-state index contributed by atoms with van der Waals surface area (Å²) in [5.41, 5.74) is 0.963. The summed E-state index contributed by atoms with van der Waals surface area (Å²) < 4.78 is 11.1. The number of aromatic nitrogens is 3. The highest BCUT2D eigenvalue weighted by atomic mass is 16.6. The summed E-state index contributed by atoms with van der Waals surface area (Å²) in [5.74, 6) is -0.245. The Morgan fingerprint density at radius 2 is 2.16 bits per heavy atom. The van der Waals surface area contributed by atoms with Gasteiger partial charge in [-0.15, -0.1) is 0 Å². The fraction of sp³-hybridized carbons (Fsp3) is 0.429. The van der Waals surface area contributed by atoms with Crippen LogP contribution in [0.1, 0.15) is 31.1 Å². The van der Waals surface area contributed by atoms with Crippen LogP contribution in [0.3, 0.4) is 0 Å². The Morgan fingerprint density at radius 3 is 2.90 bits per heavy atom. The van der Waals surface area contributed by atoms with Crippen molar-refractivity contribution in [3.8, 4) is 0 Å². The van der Waals surface area contributed by atoms with Gasteiger partial charge in [0.1, 0.15) is 23.4 Å². The number of carboxylic acid groups (broad SMARTS) is 1. The number of nitrogens with zero attached hydrogens (tertiary/aromatic N) is 3. The SMILES string of the molecule is CC(C)(C)OC(=O)NCC1CN(c2ncnc3[nH]c4cc(C(=O)O)ccc4c23)CCO1. The van der Waals surface area contributed by atoms with E-state index >= 15 is 0 Å². The van der Waals surface area contributed by atoms with Gasteiger partial charge in [-0.3, -0.25) is 0 Å². The summed E-state index contributed by atoms with van der Waals surface area (Å²) in [6.07, 6.45) is 0.771. The minimum Gasteiger partial charge on any atom is -0.478 e. The number of benzene rings is 1. The number of alkyl carbamates (subject to hydrolysis) is 1. The fourth-order valence-corrected chi connectivity index (χ4v) is 3.63. The van der Waals surface area contributed by atoms with Crippen LogP contribution in [0.15, 0.2) is 24.5 Å². The Balaban J connectivity index is 1.56. The molecule has 164 valence electrons. The van der Waals surface area contributed by atoms with E-state index in [0.717, 1.165) is 16.6 Å². The monoisotopic (exact) mass is 427 g/mol. The molecular formula is C21H25N5O5. The maximum Gasteiger partial charge on any atom is 0.407 e. The third kappa shape index (κ3) is 4.53. The molecule has 1 unspecified atom stereocenters. The van der Waals surface area contributed by atoms with Crippen LogP contribution in [0, 0.1) is 0 Å². The molecule has 1 atom stereocenters. The second-order valence-corrected chi connectivity index (χ2v) is 8.43. The van der Waals surface area contributed by atoms with Gasteiger partial charge in [0.05, 0.1) is 23.7 Å². The number of hydrogen-bond donors (Lipinski definition) is 3. The number of hydrogen-bond acceptors (Lipinski definition) is 7. The number of carbonyl (C=O) groups is 2. The van der Waals surface area contributed by atoms with Gasteiger partial charge in [0.15, 0.2) is 0 Å². The van der Waals surface area contributed by atoms with E-state index in [9.17, 15) is 14.7 Å². The summed E-state index contributed by atoms with van der Waals surface area (Å²) in [7, 11) is 0. The van der Waals surface area contributed by atoms with Crippen molar-refractivity contribution in [1.82, 2.24) is 20.3 Å². The molecule has 0 saturated carbocycles. The van der Waals surface area contributed by atoms with Gasteiger partial charge in [-0.05, 0) is 32.9 Å². The average Bonchev–Trinajstić information content (AvgIpc) is 3.09. The van der Waals surface area contributed by atoms with Crippen LogP contribution in [0.5, 0.6) is 0 Å². The van der Waals surface area contributed by atoms with E-state index in [1.807, 2.05) is 20.8 Å². The summed E-state index contributed by atoms with van der Waals surface area (Å²) in [6.45, 7) is 7.40. The lowest BCUT2D eigenvalue weighted by Gasteiger charge is -2.34. The van der Waals surface area contributed by atoms with Gasteiger partial charge >= 0.3 is 12.1 Å². The molecule has 0 bridgehead atoms. The first kappa shape index (κ1) is 20.9. The predicted octanol–water partition coefficient (Wildman–Crippen LogP) is 2.54. The molecule has 3 aromatic rings. The molecule has 0 spiro atoms. The molecule has 1 aliphatic rings. The first-order valence-corrected chi connectivity index (χ1v) is 10.0. The number of nitrogens with one attached hydrogen (secondary N) is 2. The van der Waals surface area contributed by atoms with E-state index < -0.39 is 17.7 Å². The number of ether oxygens (including phenoxy) is 2. The highest BCUT2D eigenvalue weighted by Gasteiger charge is 2.26. The number of carboxylic acids is 1. The van der Waals surface area contributed by atoms with Crippen molar-refractivity contribution in [2.24, 2.45) is 0 Å². The van der Waals surface area contributed by atoms with Crippen LogP contribution in [0.25, 0.3) is 21.9 Å². The number of aromatic carboxylic acids is 1. The zero-order valence-corrected chi connectivity index (χ0v) is 17.6. The van der Waals surface area contributed by atoms with Crippen LogP contribution in [0.4, 0.5) is 10.6 Å². The van der Waals surface area contributed by atoms with Gasteiger partial charge in [-0.2, -0.15) is 0 Å². The van der Waals surface area contributed by atoms with Crippen LogP contribution < -0.4 is 10.2 Å². The summed E-state index contributed by atoms with van der Waals surface area (Å²) in [5, 5.41) is 13.7. The molecule has 1 aliphatic heterocycles. The molecule has 1 saturated heterocycles. The molecular weight excluding hydrogens is 402 g/mol. The van der Waals surface area contributed by atoms with Crippen molar-refractivity contribution in [2.75, 3.05) is 31.1 Å². The van der Waals surface area contributed by atoms with Crippen molar-refractivity contribution in [2.45, 2.75) is 32.5 Å². The number of amides is 1. The number of carbonyl (C=O) groups excluding carboxylic acids is 1. The summed E-state index contributed by atoms with van der Waals surface area (Å²) in [6, 6.07) is 4.93. The van der Waals surface area contributed by atoms with Gasteiger partial charge in [0.25, 0.3) is 0 Å². The fourth-order valence-electron chi connectivity index (χ4n) is 3.63. The maximum absolute atomic E-state index is 11.9. The van der Waals surface area contributed by atoms with Crippen molar-refractivity contribution >= 4 is 39.8 Å². The Hall–Kier alpha value is -3.40. The zero-order chi connectivity index (χ0) is 22.2. The van der Waals surface area contributed by atoms with Gasteiger partial charge in [0, 0.05) is 30.5 Å². The smallest absolute Gasteiger partial charge is 0.407 e. The number of anilines is 1. The first-order chi connectivity index (χ1) is 14.7. The first-order valence-electron chi connectivity index (χ1n) is 10.0. The summed E-state index contributed by atoms with van der Waals surface area (Å²) in [4.78, 5) is 37.3. The van der Waals surface area contributed by atoms with E-state index in [0.29, 0.717) is 37.4 Å². The Bertz CT molecular complexity index is 1140. The summed E-state index contributed by atoms with van der Waals surface area (Å²) >= 11 is 0. The average molecular weight is 427 g/mol. The second kappa shape index (κ2) is 8.03. The van der Waals surface area contributed by atoms with Gasteiger partial charge < -0.3 is 29.8 Å². The second-order valence-electron chi connectivity index (χ2n) is 8.43. The van der Waals surface area contributed by atoms with E-state index in [4.69, 9.17) is 9.47 Å². The maximum atomic E-state index is 11.9. The van der Waals surface area contributed by atoms with E-state index in [1.54, 1.807) is 18.2 Å². The highest BCUT2D eigenvalue weighted by Crippen LogP contribution is 2.32. The van der Waals surface area contributed by atoms with Gasteiger partial charge in [-0.25, -0.2) is 19.6 Å². The predicted molar refractivity (Wildman–Crippen MR) is 115 cm³/mol. The minimum atomic E-state index is -0.986. The molecule has 3 N–H and O–H groups in total. The molecule has 1 amide bonds. The number of morpholine rings is 1. The Kier molecular flexibility index (Phi) is 5.40.